The molecule has 0 fully saturated rings. The zero-order chi connectivity index (χ0) is 13.5. The Labute approximate surface area is 125 Å². The van der Waals surface area contributed by atoms with Crippen LogP contribution in [0.15, 0.2) is 12.1 Å². The highest BCUT2D eigenvalue weighted by atomic mass is 27.0. The first-order chi connectivity index (χ1) is 8.60. The molecule has 103 valence electrons. The van der Waals surface area contributed by atoms with E-state index >= 15 is 0 Å². The third-order valence-corrected chi connectivity index (χ3v) is 3.10. The van der Waals surface area contributed by atoms with Gasteiger partial charge in [0.15, 0.2) is 0 Å². The summed E-state index contributed by atoms with van der Waals surface area (Å²) in [6.07, 6.45) is 5.72. The van der Waals surface area contributed by atoms with Gasteiger partial charge < -0.3 is 10.2 Å². The van der Waals surface area contributed by atoms with E-state index in [1.54, 1.807) is 6.07 Å². The van der Waals surface area contributed by atoms with Gasteiger partial charge in [-0.2, -0.15) is 0 Å². The summed E-state index contributed by atoms with van der Waals surface area (Å²) in [5.41, 5.74) is 1.82. The van der Waals surface area contributed by atoms with Gasteiger partial charge in [-0.25, -0.2) is 4.79 Å². The van der Waals surface area contributed by atoms with E-state index in [0.29, 0.717) is 0 Å². The Morgan fingerprint density at radius 1 is 1.11 bits per heavy atom. The Morgan fingerprint density at radius 3 is 2.21 bits per heavy atom. The maximum Gasteiger partial charge on any atom is 0.339 e. The minimum atomic E-state index is -1.05. The molecule has 0 aliphatic rings. The molecule has 0 spiro atoms. The largest absolute Gasteiger partial charge is 0.507 e. The van der Waals surface area contributed by atoms with Gasteiger partial charge in [-0.1, -0.05) is 32.8 Å². The third-order valence-electron chi connectivity index (χ3n) is 3.10. The standard InChI is InChI=1S/C15H22O3.Al/c1-3-5-7-11-9-12(8-6-4-2)14(16)13(10-11)15(17)18;/h9-10,16H,3-8H2,1-2H3,(H,17,18);. The molecule has 0 unspecified atom stereocenters. The van der Waals surface area contributed by atoms with Crippen molar-refractivity contribution in [1.82, 2.24) is 0 Å². The van der Waals surface area contributed by atoms with E-state index < -0.39 is 5.97 Å². The Bertz CT molecular complexity index is 416. The summed E-state index contributed by atoms with van der Waals surface area (Å²) in [5, 5.41) is 19.1. The highest BCUT2D eigenvalue weighted by Crippen LogP contribution is 2.27. The number of aromatic hydroxyl groups is 1. The molecule has 0 heterocycles. The van der Waals surface area contributed by atoms with Crippen LogP contribution in [0.2, 0.25) is 0 Å². The van der Waals surface area contributed by atoms with Crippen LogP contribution in [0.4, 0.5) is 0 Å². The highest BCUT2D eigenvalue weighted by Gasteiger charge is 2.15. The fourth-order valence-electron chi connectivity index (χ4n) is 2.01. The number of phenols is 1. The molecule has 0 saturated heterocycles. The first-order valence-corrected chi connectivity index (χ1v) is 6.68. The smallest absolute Gasteiger partial charge is 0.339 e. The van der Waals surface area contributed by atoms with Crippen LogP contribution in [-0.2, 0) is 12.8 Å². The van der Waals surface area contributed by atoms with E-state index in [1.165, 1.54) is 0 Å². The molecule has 0 aliphatic carbocycles. The van der Waals surface area contributed by atoms with Gasteiger partial charge in [0.2, 0.25) is 0 Å². The lowest BCUT2D eigenvalue weighted by molar-refractivity contribution is 0.0693. The van der Waals surface area contributed by atoms with Crippen LogP contribution >= 0.6 is 0 Å². The maximum atomic E-state index is 11.1. The molecule has 0 aliphatic heterocycles. The van der Waals surface area contributed by atoms with E-state index in [-0.39, 0.29) is 28.7 Å². The summed E-state index contributed by atoms with van der Waals surface area (Å²) in [7, 11) is 0. The van der Waals surface area contributed by atoms with Crippen molar-refractivity contribution in [2.24, 2.45) is 0 Å². The first-order valence-electron chi connectivity index (χ1n) is 6.68. The molecule has 4 heteroatoms. The lowest BCUT2D eigenvalue weighted by Gasteiger charge is -2.10. The van der Waals surface area contributed by atoms with Crippen molar-refractivity contribution in [1.29, 1.82) is 0 Å². The van der Waals surface area contributed by atoms with Gasteiger partial charge in [0.1, 0.15) is 11.3 Å². The van der Waals surface area contributed by atoms with Crippen LogP contribution in [0.25, 0.3) is 0 Å². The van der Waals surface area contributed by atoms with Gasteiger partial charge in [0, 0.05) is 17.4 Å². The molecule has 2 N–H and O–H groups in total. The zero-order valence-corrected chi connectivity index (χ0v) is 12.9. The average Bonchev–Trinajstić information content (AvgIpc) is 2.35. The number of hydrogen-bond donors (Lipinski definition) is 2. The second-order valence-electron chi connectivity index (χ2n) is 4.66. The van der Waals surface area contributed by atoms with Crippen LogP contribution in [0.1, 0.15) is 61.0 Å². The number of carboxylic acid groups (broad SMARTS) is 1. The normalized spacial score (nSPS) is 10.0. The third kappa shape index (κ3) is 5.26. The SMILES string of the molecule is CCCCc1cc(CCCC)c(O)c(C(=O)O)c1.[Al]. The summed E-state index contributed by atoms with van der Waals surface area (Å²) in [5.74, 6) is -1.11. The predicted octanol–water partition coefficient (Wildman–Crippen LogP) is 3.39. The number of carboxylic acids is 1. The Balaban J connectivity index is 0.00000324. The lowest BCUT2D eigenvalue weighted by Crippen LogP contribution is -2.02. The molecule has 3 radical (unpaired) electrons. The zero-order valence-electron chi connectivity index (χ0n) is 11.8. The molecule has 1 aromatic rings. The number of unbranched alkanes of at least 4 members (excludes halogenated alkanes) is 2. The van der Waals surface area contributed by atoms with Gasteiger partial charge in [0.05, 0.1) is 0 Å². The van der Waals surface area contributed by atoms with E-state index in [1.807, 2.05) is 6.07 Å². The van der Waals surface area contributed by atoms with Gasteiger partial charge in [-0.15, -0.1) is 0 Å². The second kappa shape index (κ2) is 9.01. The topological polar surface area (TPSA) is 57.5 Å². The summed E-state index contributed by atoms with van der Waals surface area (Å²) in [6.45, 7) is 4.19. The van der Waals surface area contributed by atoms with E-state index in [9.17, 15) is 9.90 Å². The van der Waals surface area contributed by atoms with E-state index in [0.717, 1.165) is 49.7 Å². The number of rotatable bonds is 7. The van der Waals surface area contributed by atoms with Gasteiger partial charge in [0.25, 0.3) is 0 Å². The Kier molecular flexibility index (Phi) is 8.55. The van der Waals surface area contributed by atoms with Crippen molar-refractivity contribution in [3.05, 3.63) is 28.8 Å². The fourth-order valence-corrected chi connectivity index (χ4v) is 2.01. The van der Waals surface area contributed by atoms with Crippen molar-refractivity contribution < 1.29 is 15.0 Å². The number of hydrogen-bond acceptors (Lipinski definition) is 2. The van der Waals surface area contributed by atoms with Crippen LogP contribution in [-0.4, -0.2) is 33.5 Å². The fraction of sp³-hybridized carbons (Fsp3) is 0.533. The molecule has 1 aromatic carbocycles. The van der Waals surface area contributed by atoms with E-state index in [4.69, 9.17) is 5.11 Å². The molecular weight excluding hydrogens is 255 g/mol. The second-order valence-corrected chi connectivity index (χ2v) is 4.66. The molecule has 0 amide bonds. The van der Waals surface area contributed by atoms with Gasteiger partial charge >= 0.3 is 5.97 Å². The molecule has 3 nitrogen and oxygen atoms in total. The molecule has 0 atom stereocenters. The molecule has 0 saturated carbocycles. The molecule has 19 heavy (non-hydrogen) atoms. The van der Waals surface area contributed by atoms with Crippen molar-refractivity contribution in [3.63, 3.8) is 0 Å². The van der Waals surface area contributed by atoms with Crippen molar-refractivity contribution in [2.45, 2.75) is 52.4 Å². The van der Waals surface area contributed by atoms with E-state index in [2.05, 4.69) is 13.8 Å². The van der Waals surface area contributed by atoms with Crippen LogP contribution in [0.3, 0.4) is 0 Å². The molecule has 1 rings (SSSR count). The highest BCUT2D eigenvalue weighted by molar-refractivity contribution is 5.91. The van der Waals surface area contributed by atoms with Crippen LogP contribution in [0.5, 0.6) is 5.75 Å². The molecular formula is C15H22AlO3. The van der Waals surface area contributed by atoms with Crippen molar-refractivity contribution in [2.75, 3.05) is 0 Å². The molecule has 0 bridgehead atoms. The lowest BCUT2D eigenvalue weighted by atomic mass is 9.97. The Morgan fingerprint density at radius 2 is 1.68 bits per heavy atom. The minimum Gasteiger partial charge on any atom is -0.507 e. The number of aryl methyl sites for hydroxylation is 2. The summed E-state index contributed by atoms with van der Waals surface area (Å²) < 4.78 is 0. The Hall–Kier alpha value is -0.978. The summed E-state index contributed by atoms with van der Waals surface area (Å²) >= 11 is 0. The average molecular weight is 277 g/mol. The summed E-state index contributed by atoms with van der Waals surface area (Å²) in [4.78, 5) is 11.1. The van der Waals surface area contributed by atoms with Crippen LogP contribution in [0, 0.1) is 0 Å². The monoisotopic (exact) mass is 277 g/mol. The maximum absolute atomic E-state index is 11.1. The van der Waals surface area contributed by atoms with Gasteiger partial charge in [-0.3, -0.25) is 0 Å². The van der Waals surface area contributed by atoms with Gasteiger partial charge in [-0.05, 0) is 42.9 Å². The molecule has 0 aromatic heterocycles. The number of aromatic carboxylic acids is 1. The first kappa shape index (κ1) is 18.0. The quantitative estimate of drug-likeness (QED) is 0.751. The number of benzene rings is 1. The van der Waals surface area contributed by atoms with Crippen LogP contribution < -0.4 is 0 Å². The van der Waals surface area contributed by atoms with Crippen molar-refractivity contribution >= 4 is 23.3 Å². The van der Waals surface area contributed by atoms with Crippen molar-refractivity contribution in [3.8, 4) is 5.75 Å². The minimum absolute atomic E-state index is 0. The number of carbonyl (C=O) groups is 1. The summed E-state index contributed by atoms with van der Waals surface area (Å²) in [6, 6.07) is 3.55. The predicted molar refractivity (Wildman–Crippen MR) is 78.0 cm³/mol.